The molecular formula is C7H6N4O6. The Labute approximate surface area is 93.3 Å². The van der Waals surface area contributed by atoms with E-state index in [2.05, 4.69) is 4.98 Å². The summed E-state index contributed by atoms with van der Waals surface area (Å²) < 4.78 is 0. The Morgan fingerprint density at radius 1 is 1.12 bits per heavy atom. The van der Waals surface area contributed by atoms with Crippen LogP contribution in [-0.2, 0) is 5.79 Å². The Balaban J connectivity index is 3.66. The summed E-state index contributed by atoms with van der Waals surface area (Å²) in [6, 6.07) is 2.64. The van der Waals surface area contributed by atoms with Gasteiger partial charge in [-0.05, 0) is 18.6 Å². The quantitative estimate of drug-likeness (QED) is 0.420. The maximum absolute atomic E-state index is 10.7. The number of hydrogen-bond acceptors (Lipinski definition) is 7. The SMILES string of the molecule is Cc1cccnc1C([N+](=O)[O-])([N+](=O)[O-])[N+](=O)[O-]. The predicted octanol–water partition coefficient (Wildman–Crippen LogP) is 0.330. The number of aromatic nitrogens is 1. The van der Waals surface area contributed by atoms with Gasteiger partial charge in [0.15, 0.2) is 14.8 Å². The van der Waals surface area contributed by atoms with E-state index in [0.717, 1.165) is 6.20 Å². The fourth-order valence-electron chi connectivity index (χ4n) is 1.30. The second-order valence-electron chi connectivity index (χ2n) is 3.08. The number of aryl methyl sites for hydroxylation is 1. The molecule has 0 fully saturated rings. The number of pyridine rings is 1. The molecule has 0 bridgehead atoms. The summed E-state index contributed by atoms with van der Waals surface area (Å²) in [5.41, 5.74) is -0.808. The zero-order valence-corrected chi connectivity index (χ0v) is 8.47. The van der Waals surface area contributed by atoms with Crippen LogP contribution in [0, 0.1) is 37.3 Å². The van der Waals surface area contributed by atoms with Crippen molar-refractivity contribution < 1.29 is 14.8 Å². The van der Waals surface area contributed by atoms with Crippen molar-refractivity contribution in [2.24, 2.45) is 0 Å². The Morgan fingerprint density at radius 3 is 1.94 bits per heavy atom. The van der Waals surface area contributed by atoms with Gasteiger partial charge in [0.2, 0.25) is 0 Å². The summed E-state index contributed by atoms with van der Waals surface area (Å²) in [6.07, 6.45) is 1.02. The van der Waals surface area contributed by atoms with Gasteiger partial charge in [-0.1, -0.05) is 6.07 Å². The highest BCUT2D eigenvalue weighted by Gasteiger charge is 2.74. The molecule has 0 aliphatic heterocycles. The summed E-state index contributed by atoms with van der Waals surface area (Å²) in [7, 11) is 0. The van der Waals surface area contributed by atoms with Gasteiger partial charge in [0.25, 0.3) is 5.69 Å². The molecule has 0 spiro atoms. The largest absolute Gasteiger partial charge is 0.745 e. The first-order chi connectivity index (χ1) is 7.85. The molecule has 1 aromatic heterocycles. The molecule has 0 N–H and O–H groups in total. The van der Waals surface area contributed by atoms with Crippen molar-refractivity contribution in [2.75, 3.05) is 0 Å². The molecule has 0 aliphatic rings. The van der Waals surface area contributed by atoms with E-state index in [0.29, 0.717) is 0 Å². The summed E-state index contributed by atoms with van der Waals surface area (Å²) >= 11 is 0. The summed E-state index contributed by atoms with van der Waals surface area (Å²) in [4.78, 5) is 30.9. The first-order valence-electron chi connectivity index (χ1n) is 4.20. The van der Waals surface area contributed by atoms with Crippen LogP contribution in [0.25, 0.3) is 0 Å². The van der Waals surface area contributed by atoms with E-state index in [1.807, 2.05) is 0 Å². The molecule has 90 valence electrons. The monoisotopic (exact) mass is 242 g/mol. The van der Waals surface area contributed by atoms with E-state index in [1.165, 1.54) is 19.1 Å². The van der Waals surface area contributed by atoms with Gasteiger partial charge in [0.05, 0.1) is 0 Å². The molecule has 0 aromatic carbocycles. The van der Waals surface area contributed by atoms with Crippen LogP contribution in [0.5, 0.6) is 0 Å². The van der Waals surface area contributed by atoms with Crippen LogP contribution in [0.1, 0.15) is 11.3 Å². The van der Waals surface area contributed by atoms with Gasteiger partial charge in [0, 0.05) is 6.20 Å². The molecule has 0 aliphatic carbocycles. The number of hydrogen-bond donors (Lipinski definition) is 0. The van der Waals surface area contributed by atoms with Gasteiger partial charge in [-0.2, -0.15) is 0 Å². The van der Waals surface area contributed by atoms with Crippen LogP contribution in [0.15, 0.2) is 18.3 Å². The summed E-state index contributed by atoms with van der Waals surface area (Å²) in [5, 5.41) is 32.2. The Bertz CT molecular complexity index is 465. The van der Waals surface area contributed by atoms with Crippen LogP contribution >= 0.6 is 0 Å². The van der Waals surface area contributed by atoms with Crippen molar-refractivity contribution in [3.05, 3.63) is 59.9 Å². The van der Waals surface area contributed by atoms with Gasteiger partial charge < -0.3 is 0 Å². The molecule has 0 unspecified atom stereocenters. The fourth-order valence-corrected chi connectivity index (χ4v) is 1.30. The Kier molecular flexibility index (Phi) is 2.98. The molecule has 0 radical (unpaired) electrons. The highest BCUT2D eigenvalue weighted by molar-refractivity contribution is 5.19. The Hall–Kier alpha value is -2.65. The molecule has 1 rings (SSSR count). The second kappa shape index (κ2) is 4.08. The molecule has 0 saturated heterocycles. The van der Waals surface area contributed by atoms with Crippen LogP contribution in [-0.4, -0.2) is 19.8 Å². The van der Waals surface area contributed by atoms with E-state index in [9.17, 15) is 30.3 Å². The van der Waals surface area contributed by atoms with E-state index >= 15 is 0 Å². The van der Waals surface area contributed by atoms with Crippen LogP contribution in [0.4, 0.5) is 0 Å². The topological polar surface area (TPSA) is 142 Å². The molecule has 17 heavy (non-hydrogen) atoms. The molecule has 10 heteroatoms. The van der Waals surface area contributed by atoms with E-state index in [4.69, 9.17) is 0 Å². The van der Waals surface area contributed by atoms with E-state index in [1.54, 1.807) is 0 Å². The zero-order valence-electron chi connectivity index (χ0n) is 8.47. The number of nitrogens with zero attached hydrogens (tertiary/aromatic N) is 4. The lowest BCUT2D eigenvalue weighted by atomic mass is 10.1. The van der Waals surface area contributed by atoms with E-state index < -0.39 is 26.3 Å². The van der Waals surface area contributed by atoms with Gasteiger partial charge in [-0.3, -0.25) is 30.3 Å². The van der Waals surface area contributed by atoms with Crippen molar-refractivity contribution in [2.45, 2.75) is 12.7 Å². The maximum atomic E-state index is 10.7. The second-order valence-corrected chi connectivity index (χ2v) is 3.08. The molecule has 1 heterocycles. The average Bonchev–Trinajstić information content (AvgIpc) is 2.19. The molecule has 0 atom stereocenters. The van der Waals surface area contributed by atoms with Crippen molar-refractivity contribution in [3.63, 3.8) is 0 Å². The smallest absolute Gasteiger partial charge is 0.252 e. The standard InChI is InChI=1S/C7H6N4O6/c1-5-3-2-4-8-6(5)7(9(12)13,10(14)15)11(16)17/h2-4H,1H3. The van der Waals surface area contributed by atoms with Crippen molar-refractivity contribution in [1.29, 1.82) is 0 Å². The molecule has 0 amide bonds. The van der Waals surface area contributed by atoms with E-state index in [-0.39, 0.29) is 5.56 Å². The first kappa shape index (κ1) is 12.4. The van der Waals surface area contributed by atoms with Gasteiger partial charge in [-0.15, -0.1) is 0 Å². The highest BCUT2D eigenvalue weighted by Crippen LogP contribution is 2.27. The minimum absolute atomic E-state index is 0.00222. The van der Waals surface area contributed by atoms with Crippen molar-refractivity contribution in [1.82, 2.24) is 4.98 Å². The molecule has 10 nitrogen and oxygen atoms in total. The minimum Gasteiger partial charge on any atom is -0.252 e. The highest BCUT2D eigenvalue weighted by atomic mass is 16.7. The molecule has 1 aromatic rings. The normalized spacial score (nSPS) is 10.9. The van der Waals surface area contributed by atoms with Crippen LogP contribution in [0.3, 0.4) is 0 Å². The zero-order chi connectivity index (χ0) is 13.2. The third-order valence-electron chi connectivity index (χ3n) is 2.09. The van der Waals surface area contributed by atoms with Gasteiger partial charge >= 0.3 is 5.79 Å². The lowest BCUT2D eigenvalue weighted by molar-refractivity contribution is -0.986. The van der Waals surface area contributed by atoms with Crippen molar-refractivity contribution >= 4 is 0 Å². The average molecular weight is 242 g/mol. The number of rotatable bonds is 4. The van der Waals surface area contributed by atoms with Crippen LogP contribution in [0.2, 0.25) is 0 Å². The third kappa shape index (κ3) is 1.64. The maximum Gasteiger partial charge on any atom is 0.745 e. The van der Waals surface area contributed by atoms with Gasteiger partial charge in [0.1, 0.15) is 0 Å². The van der Waals surface area contributed by atoms with Crippen LogP contribution < -0.4 is 0 Å². The summed E-state index contributed by atoms with van der Waals surface area (Å²) in [5.74, 6) is -3.66. The first-order valence-corrected chi connectivity index (χ1v) is 4.20. The minimum atomic E-state index is -3.66. The number of nitro groups is 3. The van der Waals surface area contributed by atoms with Crippen molar-refractivity contribution in [3.8, 4) is 0 Å². The fraction of sp³-hybridized carbons (Fsp3) is 0.286. The van der Waals surface area contributed by atoms with Gasteiger partial charge in [-0.25, -0.2) is 4.98 Å². The predicted molar refractivity (Wildman–Crippen MR) is 51.6 cm³/mol. The molecule has 0 saturated carbocycles. The molecular weight excluding hydrogens is 236 g/mol. The third-order valence-corrected chi connectivity index (χ3v) is 2.09. The summed E-state index contributed by atoms with van der Waals surface area (Å²) in [6.45, 7) is 1.27. The Morgan fingerprint density at radius 2 is 1.59 bits per heavy atom. The lowest BCUT2D eigenvalue weighted by Crippen LogP contribution is -2.51. The lowest BCUT2D eigenvalue weighted by Gasteiger charge is -2.09.